The van der Waals surface area contributed by atoms with Crippen molar-refractivity contribution in [1.29, 1.82) is 0 Å². The van der Waals surface area contributed by atoms with Crippen LogP contribution in [0.2, 0.25) is 0 Å². The summed E-state index contributed by atoms with van der Waals surface area (Å²) in [6, 6.07) is 16.5. The van der Waals surface area contributed by atoms with Crippen molar-refractivity contribution in [3.8, 4) is 11.4 Å². The van der Waals surface area contributed by atoms with E-state index in [9.17, 15) is 4.79 Å². The van der Waals surface area contributed by atoms with E-state index in [1.165, 1.54) is 0 Å². The van der Waals surface area contributed by atoms with Crippen LogP contribution in [0.3, 0.4) is 0 Å². The topological polar surface area (TPSA) is 72.2 Å². The van der Waals surface area contributed by atoms with Crippen LogP contribution >= 0.6 is 15.9 Å². The molecule has 0 bridgehead atoms. The van der Waals surface area contributed by atoms with Gasteiger partial charge in [0.2, 0.25) is 0 Å². The fourth-order valence-corrected chi connectivity index (χ4v) is 2.88. The van der Waals surface area contributed by atoms with Crippen molar-refractivity contribution in [1.82, 2.24) is 19.6 Å². The minimum atomic E-state index is -0.169. The molecule has 0 aliphatic heterocycles. The van der Waals surface area contributed by atoms with E-state index in [-0.39, 0.29) is 5.91 Å². The molecule has 7 heteroatoms. The highest BCUT2D eigenvalue weighted by Crippen LogP contribution is 2.20. The Morgan fingerprint density at radius 1 is 1.04 bits per heavy atom. The van der Waals surface area contributed by atoms with Crippen molar-refractivity contribution < 1.29 is 4.79 Å². The van der Waals surface area contributed by atoms with Crippen LogP contribution in [-0.4, -0.2) is 25.5 Å². The average molecular weight is 394 g/mol. The van der Waals surface area contributed by atoms with Crippen LogP contribution in [0.4, 0.5) is 5.69 Å². The molecule has 2 heterocycles. The first-order valence-corrected chi connectivity index (χ1v) is 8.33. The minimum absolute atomic E-state index is 0.169. The Morgan fingerprint density at radius 3 is 2.68 bits per heavy atom. The van der Waals surface area contributed by atoms with Gasteiger partial charge in [0.25, 0.3) is 11.7 Å². The lowest BCUT2D eigenvalue weighted by molar-refractivity contribution is 0.102. The Balaban J connectivity index is 1.58. The highest BCUT2D eigenvalue weighted by molar-refractivity contribution is 9.10. The maximum Gasteiger partial charge on any atom is 0.255 e. The number of hydrogen-bond donors (Lipinski definition) is 1. The number of benzene rings is 2. The molecule has 122 valence electrons. The summed E-state index contributed by atoms with van der Waals surface area (Å²) in [7, 11) is 0. The van der Waals surface area contributed by atoms with Gasteiger partial charge in [0, 0.05) is 33.7 Å². The van der Waals surface area contributed by atoms with Gasteiger partial charge >= 0.3 is 0 Å². The average Bonchev–Trinajstić information content (AvgIpc) is 3.06. The molecule has 0 unspecified atom stereocenters. The van der Waals surface area contributed by atoms with Crippen LogP contribution < -0.4 is 5.32 Å². The van der Waals surface area contributed by atoms with Gasteiger partial charge in [-0.1, -0.05) is 34.1 Å². The maximum atomic E-state index is 12.4. The van der Waals surface area contributed by atoms with Crippen molar-refractivity contribution in [2.75, 3.05) is 5.32 Å². The molecule has 0 atom stereocenters. The van der Waals surface area contributed by atoms with Crippen LogP contribution in [-0.2, 0) is 0 Å². The summed E-state index contributed by atoms with van der Waals surface area (Å²) in [5.74, 6) is 1.05. The second kappa shape index (κ2) is 6.45. The molecule has 2 aromatic heterocycles. The van der Waals surface area contributed by atoms with Gasteiger partial charge in [-0.25, -0.2) is 4.98 Å². The van der Waals surface area contributed by atoms with Gasteiger partial charge in [0.05, 0.1) is 0 Å². The monoisotopic (exact) mass is 393 g/mol. The summed E-state index contributed by atoms with van der Waals surface area (Å²) in [5, 5.41) is 11.1. The van der Waals surface area contributed by atoms with Gasteiger partial charge in [-0.05, 0) is 36.4 Å². The fourth-order valence-electron chi connectivity index (χ4n) is 2.48. The second-order valence-corrected chi connectivity index (χ2v) is 6.27. The molecular formula is C18H12BrN5O. The van der Waals surface area contributed by atoms with Crippen molar-refractivity contribution in [3.63, 3.8) is 0 Å². The summed E-state index contributed by atoms with van der Waals surface area (Å²) in [4.78, 5) is 16.5. The summed E-state index contributed by atoms with van der Waals surface area (Å²) >= 11 is 3.39. The Labute approximate surface area is 151 Å². The van der Waals surface area contributed by atoms with Crippen LogP contribution in [0.5, 0.6) is 0 Å². The molecule has 4 aromatic rings. The quantitative estimate of drug-likeness (QED) is 0.574. The maximum absolute atomic E-state index is 12.4. The van der Waals surface area contributed by atoms with Gasteiger partial charge in [0.1, 0.15) is 0 Å². The zero-order valence-corrected chi connectivity index (χ0v) is 14.5. The molecular weight excluding hydrogens is 382 g/mol. The van der Waals surface area contributed by atoms with Gasteiger partial charge in [0.15, 0.2) is 5.82 Å². The van der Waals surface area contributed by atoms with Crippen LogP contribution in [0.15, 0.2) is 71.5 Å². The standard InChI is InChI=1S/C18H12BrN5O/c19-14-3-1-4-15(11-14)21-17(25)13-7-5-12(6-8-13)16-22-23-18-20-9-2-10-24(16)18/h1-11H,(H,21,25). The van der Waals surface area contributed by atoms with E-state index in [1.807, 2.05) is 48.7 Å². The molecule has 2 aromatic carbocycles. The van der Waals surface area contributed by atoms with Crippen molar-refractivity contribution in [3.05, 3.63) is 77.0 Å². The van der Waals surface area contributed by atoms with Crippen molar-refractivity contribution in [2.24, 2.45) is 0 Å². The molecule has 0 spiro atoms. The third-order valence-electron chi connectivity index (χ3n) is 3.68. The number of anilines is 1. The third kappa shape index (κ3) is 3.14. The molecule has 6 nitrogen and oxygen atoms in total. The lowest BCUT2D eigenvalue weighted by Crippen LogP contribution is -2.11. The highest BCUT2D eigenvalue weighted by Gasteiger charge is 2.10. The normalized spacial score (nSPS) is 10.8. The Bertz CT molecular complexity index is 1060. The molecule has 0 fully saturated rings. The van der Waals surface area contributed by atoms with E-state index in [4.69, 9.17) is 0 Å². The van der Waals surface area contributed by atoms with E-state index in [0.717, 1.165) is 15.7 Å². The van der Waals surface area contributed by atoms with Crippen LogP contribution in [0.1, 0.15) is 10.4 Å². The van der Waals surface area contributed by atoms with E-state index < -0.39 is 0 Å². The number of fused-ring (bicyclic) bond motifs is 1. The molecule has 4 rings (SSSR count). The van der Waals surface area contributed by atoms with Crippen molar-refractivity contribution in [2.45, 2.75) is 0 Å². The first-order valence-electron chi connectivity index (χ1n) is 7.54. The molecule has 0 aliphatic rings. The Morgan fingerprint density at radius 2 is 1.88 bits per heavy atom. The SMILES string of the molecule is O=C(Nc1cccc(Br)c1)c1ccc(-c2nnc3ncccn23)cc1. The second-order valence-electron chi connectivity index (χ2n) is 5.36. The van der Waals surface area contributed by atoms with Crippen LogP contribution in [0, 0.1) is 0 Å². The molecule has 1 N–H and O–H groups in total. The lowest BCUT2D eigenvalue weighted by atomic mass is 10.1. The number of hydrogen-bond acceptors (Lipinski definition) is 4. The number of halogens is 1. The number of amides is 1. The largest absolute Gasteiger partial charge is 0.322 e. The highest BCUT2D eigenvalue weighted by atomic mass is 79.9. The predicted molar refractivity (Wildman–Crippen MR) is 98.3 cm³/mol. The van der Waals surface area contributed by atoms with E-state index in [2.05, 4.69) is 36.4 Å². The Kier molecular flexibility index (Phi) is 3.99. The number of aromatic nitrogens is 4. The summed E-state index contributed by atoms with van der Waals surface area (Å²) in [5.41, 5.74) is 2.16. The minimum Gasteiger partial charge on any atom is -0.322 e. The van der Waals surface area contributed by atoms with Gasteiger partial charge < -0.3 is 5.32 Å². The predicted octanol–water partition coefficient (Wildman–Crippen LogP) is 3.81. The molecule has 0 aliphatic carbocycles. The van der Waals surface area contributed by atoms with Crippen LogP contribution in [0.25, 0.3) is 17.2 Å². The molecule has 0 saturated carbocycles. The van der Waals surface area contributed by atoms with E-state index >= 15 is 0 Å². The van der Waals surface area contributed by atoms with Gasteiger partial charge in [-0.15, -0.1) is 10.2 Å². The van der Waals surface area contributed by atoms with E-state index in [0.29, 0.717) is 17.2 Å². The number of nitrogens with zero attached hydrogens (tertiary/aromatic N) is 4. The van der Waals surface area contributed by atoms with Gasteiger partial charge in [-0.3, -0.25) is 9.20 Å². The molecule has 0 radical (unpaired) electrons. The zero-order valence-electron chi connectivity index (χ0n) is 12.9. The van der Waals surface area contributed by atoms with Crippen molar-refractivity contribution >= 4 is 33.3 Å². The first-order chi connectivity index (χ1) is 12.2. The number of carbonyl (C=O) groups is 1. The first kappa shape index (κ1) is 15.5. The zero-order chi connectivity index (χ0) is 17.2. The number of carbonyl (C=O) groups excluding carboxylic acids is 1. The summed E-state index contributed by atoms with van der Waals surface area (Å²) in [6.45, 7) is 0. The smallest absolute Gasteiger partial charge is 0.255 e. The fraction of sp³-hybridized carbons (Fsp3) is 0. The molecule has 0 saturated heterocycles. The molecule has 1 amide bonds. The van der Waals surface area contributed by atoms with E-state index in [1.54, 1.807) is 22.7 Å². The number of rotatable bonds is 3. The molecule has 25 heavy (non-hydrogen) atoms. The Hall–Kier alpha value is -3.06. The lowest BCUT2D eigenvalue weighted by Gasteiger charge is -2.06. The number of nitrogens with one attached hydrogen (secondary N) is 1. The third-order valence-corrected chi connectivity index (χ3v) is 4.17. The summed E-state index contributed by atoms with van der Waals surface area (Å²) in [6.07, 6.45) is 3.52. The van der Waals surface area contributed by atoms with Gasteiger partial charge in [-0.2, -0.15) is 0 Å². The summed E-state index contributed by atoms with van der Waals surface area (Å²) < 4.78 is 2.71.